The predicted octanol–water partition coefficient (Wildman–Crippen LogP) is 0.417. The number of benzene rings is 2. The van der Waals surface area contributed by atoms with Gasteiger partial charge in [-0.2, -0.15) is 0 Å². The number of hydrogen-bond donors (Lipinski definition) is 4. The lowest BCUT2D eigenvalue weighted by Crippen LogP contribution is -2.65. The van der Waals surface area contributed by atoms with Gasteiger partial charge in [0.2, 0.25) is 0 Å². The summed E-state index contributed by atoms with van der Waals surface area (Å²) >= 11 is 0. The zero-order valence-electron chi connectivity index (χ0n) is 26.9. The molecule has 2 unspecified atom stereocenters. The number of quaternary nitrogens is 4. The number of rotatable bonds is 21. The van der Waals surface area contributed by atoms with Crippen molar-refractivity contribution in [1.82, 2.24) is 0 Å². The zero-order chi connectivity index (χ0) is 32.2. The number of carbonyl (C=O) groups excluding carboxylic acids is 2. The summed E-state index contributed by atoms with van der Waals surface area (Å²) in [4.78, 5) is 29.0. The summed E-state index contributed by atoms with van der Waals surface area (Å²) in [5.74, 6) is -0.574. The molecule has 0 spiro atoms. The molecular weight excluding hydrogens is 556 g/mol. The van der Waals surface area contributed by atoms with E-state index in [1.807, 2.05) is 56.6 Å². The van der Waals surface area contributed by atoms with Crippen molar-refractivity contribution in [3.8, 4) is 0 Å². The predicted molar refractivity (Wildman–Crippen MR) is 176 cm³/mol. The molecule has 2 rings (SSSR count). The Morgan fingerprint density at radius 2 is 1.09 bits per heavy atom. The molecule has 0 bridgehead atoms. The number of nitrogens with zero attached hydrogens (tertiary/aromatic N) is 2. The topological polar surface area (TPSA) is 170 Å². The van der Waals surface area contributed by atoms with Crippen LogP contribution in [0.15, 0.2) is 60.7 Å². The van der Waals surface area contributed by atoms with Crippen molar-refractivity contribution < 1.29 is 42.0 Å². The van der Waals surface area contributed by atoms with Gasteiger partial charge >= 0.3 is 11.9 Å². The second kappa shape index (κ2) is 21.1. The molecule has 0 heterocycles. The van der Waals surface area contributed by atoms with Gasteiger partial charge in [0, 0.05) is 38.3 Å². The fourth-order valence-electron chi connectivity index (χ4n) is 4.50. The van der Waals surface area contributed by atoms with Crippen LogP contribution in [0.1, 0.15) is 49.7 Å². The second-order valence-electron chi connectivity index (χ2n) is 11.2. The van der Waals surface area contributed by atoms with E-state index in [9.17, 15) is 9.59 Å². The Kier molecular flexibility index (Phi) is 17.5. The van der Waals surface area contributed by atoms with Gasteiger partial charge in [-0.1, -0.05) is 48.6 Å². The lowest BCUT2D eigenvalue weighted by molar-refractivity contribution is -0.411. The van der Waals surface area contributed by atoms with Gasteiger partial charge in [-0.05, 0) is 61.1 Å². The van der Waals surface area contributed by atoms with Crippen molar-refractivity contribution in [2.45, 2.75) is 50.6 Å². The summed E-state index contributed by atoms with van der Waals surface area (Å²) in [7, 11) is 4.06. The van der Waals surface area contributed by atoms with Gasteiger partial charge in [0.1, 0.15) is 13.2 Å². The largest absolute Gasteiger partial charge is 0.459 e. The van der Waals surface area contributed by atoms with E-state index in [4.69, 9.17) is 9.47 Å². The van der Waals surface area contributed by atoms with E-state index in [1.54, 1.807) is 0 Å². The highest BCUT2D eigenvalue weighted by Gasteiger charge is 2.20. The molecule has 0 amide bonds. The van der Waals surface area contributed by atoms with Crippen molar-refractivity contribution in [2.24, 2.45) is 0 Å². The third kappa shape index (κ3) is 14.2. The monoisotopic (exact) mass is 612 g/mol. The summed E-state index contributed by atoms with van der Waals surface area (Å²) in [5.41, 5.74) is 19.9. The molecule has 10 heteroatoms. The Morgan fingerprint density at radius 3 is 1.48 bits per heavy atom. The highest BCUT2D eigenvalue weighted by Crippen LogP contribution is 2.17. The van der Waals surface area contributed by atoms with E-state index in [0.29, 0.717) is 25.9 Å². The molecule has 0 aromatic heterocycles. The lowest BCUT2D eigenvalue weighted by Gasteiger charge is -2.25. The Balaban J connectivity index is 1.98. The lowest BCUT2D eigenvalue weighted by atomic mass is 10.1. The number of unbranched alkanes of at least 4 members (excludes halogenated alkanes) is 2. The van der Waals surface area contributed by atoms with Crippen LogP contribution in [0.5, 0.6) is 0 Å². The fraction of sp³-hybridized carbons (Fsp3) is 0.471. The molecule has 2 aromatic carbocycles. The molecule has 0 radical (unpaired) electrons. The highest BCUT2D eigenvalue weighted by atomic mass is 16.5. The number of anilines is 2. The molecule has 0 saturated heterocycles. The van der Waals surface area contributed by atoms with Gasteiger partial charge in [-0.3, -0.25) is 0 Å². The fourth-order valence-corrected chi connectivity index (χ4v) is 4.50. The summed E-state index contributed by atoms with van der Waals surface area (Å²) in [6.45, 7) is 3.08. The first kappa shape index (κ1) is 36.5. The van der Waals surface area contributed by atoms with E-state index in [1.165, 1.54) is 5.69 Å². The van der Waals surface area contributed by atoms with Crippen LogP contribution in [0.25, 0.3) is 12.2 Å². The Bertz CT molecular complexity index is 1120. The summed E-state index contributed by atoms with van der Waals surface area (Å²) in [5, 5.41) is 0. The molecule has 242 valence electrons. The molecule has 12 N–H and O–H groups in total. The first-order valence-electron chi connectivity index (χ1n) is 15.8. The summed E-state index contributed by atoms with van der Waals surface area (Å²) in [6, 6.07) is 15.8. The first-order chi connectivity index (χ1) is 21.2. The first-order valence-corrected chi connectivity index (χ1v) is 15.8. The average Bonchev–Trinajstić information content (AvgIpc) is 3.02. The minimum atomic E-state index is -0.383. The number of esters is 2. The Labute approximate surface area is 263 Å². The van der Waals surface area contributed by atoms with Gasteiger partial charge in [0.25, 0.3) is 0 Å². The molecule has 2 atom stereocenters. The molecule has 0 fully saturated rings. The summed E-state index contributed by atoms with van der Waals surface area (Å²) in [6.07, 6.45) is 13.3. The minimum absolute atomic E-state index is 0.221. The highest BCUT2D eigenvalue weighted by molar-refractivity contribution is 5.74. The molecule has 2 aromatic rings. The third-order valence-corrected chi connectivity index (χ3v) is 7.34. The third-order valence-electron chi connectivity index (χ3n) is 7.34. The molecule has 0 aliphatic rings. The quantitative estimate of drug-likeness (QED) is 0.0905. The van der Waals surface area contributed by atoms with Crippen LogP contribution in [-0.2, 0) is 19.1 Å². The van der Waals surface area contributed by atoms with E-state index in [2.05, 4.69) is 63.1 Å². The van der Waals surface area contributed by atoms with Gasteiger partial charge in [-0.15, -0.1) is 0 Å². The van der Waals surface area contributed by atoms with Crippen molar-refractivity contribution in [2.75, 3.05) is 63.3 Å². The second-order valence-corrected chi connectivity index (χ2v) is 11.2. The van der Waals surface area contributed by atoms with Gasteiger partial charge in [0.05, 0.1) is 26.2 Å². The van der Waals surface area contributed by atoms with Crippen LogP contribution in [0.4, 0.5) is 11.4 Å². The molecular formula is C34H56N6O4+4. The molecule has 0 saturated carbocycles. The van der Waals surface area contributed by atoms with E-state index < -0.39 is 0 Å². The van der Waals surface area contributed by atoms with Gasteiger partial charge in [-0.25, -0.2) is 9.59 Å². The van der Waals surface area contributed by atoms with Crippen molar-refractivity contribution in [1.29, 1.82) is 0 Å². The molecule has 0 aliphatic heterocycles. The van der Waals surface area contributed by atoms with Crippen molar-refractivity contribution in [3.05, 3.63) is 71.8 Å². The van der Waals surface area contributed by atoms with Crippen molar-refractivity contribution in [3.63, 3.8) is 0 Å². The molecule has 10 nitrogen and oxygen atoms in total. The van der Waals surface area contributed by atoms with Crippen molar-refractivity contribution >= 4 is 35.5 Å². The van der Waals surface area contributed by atoms with Crippen LogP contribution in [0, 0.1) is 0 Å². The van der Waals surface area contributed by atoms with Crippen LogP contribution in [0.3, 0.4) is 0 Å². The Hall–Kier alpha value is -3.70. The standard InChI is InChI=1S/C34H52N6O4/c1-39(2)29-17-13-27(14-18-29)9-3-4-10-28-15-19-30(20-16-28)40(23-25-43-33(41)31(37)11-5-7-21-35)24-26-44-34(42)32(38)12-6-8-22-36/h3-4,9-10,13-20,31-32H,5-8,11-12,21-26,35-38H2,1-2H3/p+4/b9-3+,10-4+. The molecule has 44 heavy (non-hydrogen) atoms. The zero-order valence-corrected chi connectivity index (χ0v) is 26.9. The number of allylic oxidation sites excluding steroid dienone is 2. The van der Waals surface area contributed by atoms with Crippen LogP contribution in [0.2, 0.25) is 0 Å². The van der Waals surface area contributed by atoms with Crippen LogP contribution >= 0.6 is 0 Å². The molecule has 0 aliphatic carbocycles. The van der Waals surface area contributed by atoms with E-state index in [-0.39, 0.29) is 37.2 Å². The maximum atomic E-state index is 12.4. The maximum absolute atomic E-state index is 12.4. The number of ether oxygens (including phenoxy) is 2. The minimum Gasteiger partial charge on any atom is -0.459 e. The number of hydrogen-bond acceptors (Lipinski definition) is 6. The van der Waals surface area contributed by atoms with Crippen LogP contribution in [-0.4, -0.2) is 77.5 Å². The van der Waals surface area contributed by atoms with E-state index >= 15 is 0 Å². The normalized spacial score (nSPS) is 12.8. The maximum Gasteiger partial charge on any atom is 0.364 e. The van der Waals surface area contributed by atoms with Crippen LogP contribution < -0.4 is 32.7 Å². The average molecular weight is 613 g/mol. The van der Waals surface area contributed by atoms with Gasteiger partial charge in [0.15, 0.2) is 12.1 Å². The van der Waals surface area contributed by atoms with Gasteiger partial charge < -0.3 is 42.2 Å². The Morgan fingerprint density at radius 1 is 0.682 bits per heavy atom. The number of carbonyl (C=O) groups is 2. The SMILES string of the molecule is CN(C)c1ccc(/C=C/C=C/c2ccc(N(CCOC(=O)C([NH3+])CCCC[NH3+])CCOC(=O)C([NH3+])CCCC[NH3+])cc2)cc1. The summed E-state index contributed by atoms with van der Waals surface area (Å²) < 4.78 is 11.1. The smallest absolute Gasteiger partial charge is 0.364 e. The van der Waals surface area contributed by atoms with E-state index in [0.717, 1.165) is 55.6 Å².